The van der Waals surface area contributed by atoms with Gasteiger partial charge in [0, 0.05) is 25.8 Å². The summed E-state index contributed by atoms with van der Waals surface area (Å²) in [6, 6.07) is 3.98. The Bertz CT molecular complexity index is 491. The maximum Gasteiger partial charge on any atom is 0.240 e. The van der Waals surface area contributed by atoms with E-state index >= 15 is 0 Å². The molecule has 3 N–H and O–H groups in total. The van der Waals surface area contributed by atoms with Crippen LogP contribution in [0.2, 0.25) is 0 Å². The highest BCUT2D eigenvalue weighted by molar-refractivity contribution is 5.86. The van der Waals surface area contributed by atoms with Crippen molar-refractivity contribution in [2.75, 3.05) is 31.2 Å². The van der Waals surface area contributed by atoms with Crippen LogP contribution in [-0.2, 0) is 16.1 Å². The van der Waals surface area contributed by atoms with Gasteiger partial charge < -0.3 is 20.7 Å². The monoisotopic (exact) mass is 378 g/mol. The zero-order valence-corrected chi connectivity index (χ0v) is 15.9. The third-order valence-electron chi connectivity index (χ3n) is 3.89. The maximum absolute atomic E-state index is 12.1. The minimum absolute atomic E-state index is 0. The third kappa shape index (κ3) is 6.43. The quantitative estimate of drug-likeness (QED) is 0.789. The molecule has 8 heteroatoms. The molecular weight excluding hydrogens is 351 g/mol. The first-order valence-corrected chi connectivity index (χ1v) is 7.88. The Morgan fingerprint density at radius 3 is 2.58 bits per heavy atom. The molecule has 0 aromatic carbocycles. The molecule has 1 unspecified atom stereocenters. The summed E-state index contributed by atoms with van der Waals surface area (Å²) in [6.45, 7) is 7.46. The van der Waals surface area contributed by atoms with Gasteiger partial charge in [0.25, 0.3) is 0 Å². The molecule has 0 spiro atoms. The molecule has 0 saturated carbocycles. The van der Waals surface area contributed by atoms with Crippen LogP contribution in [0.3, 0.4) is 0 Å². The molecule has 6 nitrogen and oxygen atoms in total. The molecule has 2 rings (SSSR count). The summed E-state index contributed by atoms with van der Waals surface area (Å²) in [7, 11) is 0. The van der Waals surface area contributed by atoms with Crippen LogP contribution in [0.5, 0.6) is 0 Å². The normalized spacial score (nSPS) is 16.4. The van der Waals surface area contributed by atoms with Crippen LogP contribution in [0, 0.1) is 0 Å². The van der Waals surface area contributed by atoms with Crippen molar-refractivity contribution >= 4 is 36.5 Å². The Morgan fingerprint density at radius 1 is 1.38 bits per heavy atom. The molecule has 0 radical (unpaired) electrons. The van der Waals surface area contributed by atoms with E-state index in [-0.39, 0.29) is 30.7 Å². The molecule has 1 saturated heterocycles. The summed E-state index contributed by atoms with van der Waals surface area (Å²) in [6.07, 6.45) is 3.36. The van der Waals surface area contributed by atoms with Gasteiger partial charge in [-0.2, -0.15) is 0 Å². The number of nitrogens with zero attached hydrogens (tertiary/aromatic N) is 2. The molecule has 1 aromatic heterocycles. The van der Waals surface area contributed by atoms with E-state index in [1.807, 2.05) is 19.1 Å². The van der Waals surface area contributed by atoms with Crippen molar-refractivity contribution in [2.24, 2.45) is 5.73 Å². The second-order valence-electron chi connectivity index (χ2n) is 5.97. The molecule has 0 bridgehead atoms. The first-order chi connectivity index (χ1) is 10.5. The summed E-state index contributed by atoms with van der Waals surface area (Å²) >= 11 is 0. The summed E-state index contributed by atoms with van der Waals surface area (Å²) in [5.74, 6) is 0.833. The number of anilines is 1. The fourth-order valence-corrected chi connectivity index (χ4v) is 2.52. The smallest absolute Gasteiger partial charge is 0.240 e. The summed E-state index contributed by atoms with van der Waals surface area (Å²) in [4.78, 5) is 18.7. The van der Waals surface area contributed by atoms with E-state index in [2.05, 4.69) is 15.2 Å². The van der Waals surface area contributed by atoms with Gasteiger partial charge in [0.2, 0.25) is 5.91 Å². The largest absolute Gasteiger partial charge is 0.378 e. The number of pyridine rings is 1. The minimum atomic E-state index is -0.810. The SMILES string of the molecule is CCCC(C)(N)C(=O)NCc1ccc(N2CCOCC2)nc1.Cl.Cl. The van der Waals surface area contributed by atoms with Crippen LogP contribution in [0.25, 0.3) is 0 Å². The van der Waals surface area contributed by atoms with E-state index in [1.54, 1.807) is 13.1 Å². The van der Waals surface area contributed by atoms with Gasteiger partial charge in [-0.15, -0.1) is 24.8 Å². The van der Waals surface area contributed by atoms with Crippen molar-refractivity contribution in [1.82, 2.24) is 10.3 Å². The number of halogens is 2. The molecule has 1 aliphatic rings. The lowest BCUT2D eigenvalue weighted by Gasteiger charge is -2.27. The second-order valence-corrected chi connectivity index (χ2v) is 5.97. The summed E-state index contributed by atoms with van der Waals surface area (Å²) < 4.78 is 5.33. The number of nitrogens with one attached hydrogen (secondary N) is 1. The number of carbonyl (C=O) groups is 1. The Labute approximate surface area is 156 Å². The molecule has 1 aliphatic heterocycles. The van der Waals surface area contributed by atoms with Crippen molar-refractivity contribution in [2.45, 2.75) is 38.8 Å². The van der Waals surface area contributed by atoms with E-state index in [1.165, 1.54) is 0 Å². The fraction of sp³-hybridized carbons (Fsp3) is 0.625. The average molecular weight is 379 g/mol. The molecule has 1 atom stereocenters. The topological polar surface area (TPSA) is 80.5 Å². The number of carbonyl (C=O) groups excluding carboxylic acids is 1. The lowest BCUT2D eigenvalue weighted by atomic mass is 9.96. The number of rotatable bonds is 6. The Balaban J connectivity index is 0.00000264. The van der Waals surface area contributed by atoms with E-state index in [9.17, 15) is 4.79 Å². The van der Waals surface area contributed by atoms with Gasteiger partial charge >= 0.3 is 0 Å². The predicted octanol–water partition coefficient (Wildman–Crippen LogP) is 1.90. The van der Waals surface area contributed by atoms with E-state index in [4.69, 9.17) is 10.5 Å². The summed E-state index contributed by atoms with van der Waals surface area (Å²) in [5.41, 5.74) is 6.17. The van der Waals surface area contributed by atoms with Crippen LogP contribution in [0.1, 0.15) is 32.3 Å². The Kier molecular flexibility index (Phi) is 10.2. The van der Waals surface area contributed by atoms with Crippen LogP contribution in [-0.4, -0.2) is 42.7 Å². The highest BCUT2D eigenvalue weighted by atomic mass is 35.5. The molecule has 1 amide bonds. The van der Waals surface area contributed by atoms with Crippen molar-refractivity contribution in [3.63, 3.8) is 0 Å². The first-order valence-electron chi connectivity index (χ1n) is 7.88. The van der Waals surface area contributed by atoms with Gasteiger partial charge in [-0.1, -0.05) is 19.4 Å². The predicted molar refractivity (Wildman–Crippen MR) is 101 cm³/mol. The molecule has 138 valence electrons. The Morgan fingerprint density at radius 2 is 2.04 bits per heavy atom. The van der Waals surface area contributed by atoms with Crippen molar-refractivity contribution < 1.29 is 9.53 Å². The van der Waals surface area contributed by atoms with Crippen molar-refractivity contribution in [3.05, 3.63) is 23.9 Å². The number of amides is 1. The highest BCUT2D eigenvalue weighted by Crippen LogP contribution is 2.13. The maximum atomic E-state index is 12.1. The molecule has 1 fully saturated rings. The third-order valence-corrected chi connectivity index (χ3v) is 3.89. The molecule has 0 aliphatic carbocycles. The van der Waals surface area contributed by atoms with Crippen molar-refractivity contribution in [3.8, 4) is 0 Å². The fourth-order valence-electron chi connectivity index (χ4n) is 2.52. The van der Waals surface area contributed by atoms with Gasteiger partial charge in [0.1, 0.15) is 5.82 Å². The second kappa shape index (κ2) is 10.7. The van der Waals surface area contributed by atoms with E-state index in [0.717, 1.165) is 44.1 Å². The van der Waals surface area contributed by atoms with Gasteiger partial charge in [0.15, 0.2) is 0 Å². The zero-order valence-electron chi connectivity index (χ0n) is 14.3. The molecular formula is C16H28Cl2N4O2. The van der Waals surface area contributed by atoms with Crippen molar-refractivity contribution in [1.29, 1.82) is 0 Å². The number of hydrogen-bond acceptors (Lipinski definition) is 5. The number of ether oxygens (including phenoxy) is 1. The zero-order chi connectivity index (χ0) is 16.0. The number of hydrogen-bond donors (Lipinski definition) is 2. The van der Waals surface area contributed by atoms with E-state index in [0.29, 0.717) is 13.0 Å². The molecule has 1 aromatic rings. The number of aromatic nitrogens is 1. The lowest BCUT2D eigenvalue weighted by Crippen LogP contribution is -2.51. The molecule has 24 heavy (non-hydrogen) atoms. The van der Waals surface area contributed by atoms with Gasteiger partial charge in [-0.3, -0.25) is 4.79 Å². The van der Waals surface area contributed by atoms with Crippen LogP contribution in [0.15, 0.2) is 18.3 Å². The van der Waals surface area contributed by atoms with Gasteiger partial charge in [0.05, 0.1) is 18.8 Å². The van der Waals surface area contributed by atoms with E-state index < -0.39 is 5.54 Å². The average Bonchev–Trinajstić information content (AvgIpc) is 2.54. The highest BCUT2D eigenvalue weighted by Gasteiger charge is 2.26. The summed E-state index contributed by atoms with van der Waals surface area (Å²) in [5, 5.41) is 2.89. The lowest BCUT2D eigenvalue weighted by molar-refractivity contribution is -0.126. The van der Waals surface area contributed by atoms with Gasteiger partial charge in [-0.25, -0.2) is 4.98 Å². The van der Waals surface area contributed by atoms with Crippen LogP contribution in [0.4, 0.5) is 5.82 Å². The number of morpholine rings is 1. The number of nitrogens with two attached hydrogens (primary N) is 1. The Hall–Kier alpha value is -1.08. The van der Waals surface area contributed by atoms with Crippen LogP contribution < -0.4 is 16.0 Å². The first kappa shape index (κ1) is 22.9. The molecule has 2 heterocycles. The minimum Gasteiger partial charge on any atom is -0.378 e. The van der Waals surface area contributed by atoms with Gasteiger partial charge in [-0.05, 0) is 25.0 Å². The standard InChI is InChI=1S/C16H26N4O2.2ClH/c1-3-6-16(2,17)15(21)19-12-13-4-5-14(18-11-13)20-7-9-22-10-8-20;;/h4-5,11H,3,6-10,12,17H2,1-2H3,(H,19,21);2*1H. The van der Waals surface area contributed by atoms with Crippen LogP contribution >= 0.6 is 24.8 Å².